The molecular formula is C99H174O12. The molecule has 0 aromatic heterocycles. The lowest BCUT2D eigenvalue weighted by Gasteiger charge is -2.22. The van der Waals surface area contributed by atoms with Gasteiger partial charge in [0.15, 0.2) is 0 Å². The second kappa shape index (κ2) is 70.7. The molecule has 111 heavy (non-hydrogen) atoms. The average molecular weight is 1560 g/mol. The number of rotatable bonds is 75. The van der Waals surface area contributed by atoms with Crippen molar-refractivity contribution in [3.05, 3.63) is 68.3 Å². The van der Waals surface area contributed by atoms with E-state index in [1.807, 2.05) is 0 Å². The predicted octanol–water partition coefficient (Wildman–Crippen LogP) is 30.7. The molecule has 3 N–H and O–H groups in total. The second-order valence-electron chi connectivity index (χ2n) is 36.0. The molecule has 2 aromatic rings. The van der Waals surface area contributed by atoms with Crippen LogP contribution in [-0.2, 0) is 33.5 Å². The Morgan fingerprint density at radius 2 is 0.432 bits per heavy atom. The van der Waals surface area contributed by atoms with Gasteiger partial charge in [-0.3, -0.25) is 0 Å². The van der Waals surface area contributed by atoms with Gasteiger partial charge in [-0.15, -0.1) is 0 Å². The first kappa shape index (κ1) is 104. The van der Waals surface area contributed by atoms with Gasteiger partial charge in [0, 0.05) is 0 Å². The number of carbonyl (C=O) groups is 6. The normalized spacial score (nSPS) is 11.6. The maximum Gasteiger partial charge on any atom is 0.339 e. The minimum absolute atomic E-state index is 0.0710. The Balaban J connectivity index is 0.00000111. The highest BCUT2D eigenvalue weighted by atomic mass is 16.5. The smallest absolute Gasteiger partial charge is 0.339 e. The minimum Gasteiger partial charge on any atom is -0.478 e. The van der Waals surface area contributed by atoms with Crippen molar-refractivity contribution in [2.45, 2.75) is 468 Å². The molecule has 0 fully saturated rings. The first-order valence-corrected chi connectivity index (χ1v) is 47.1. The number of esters is 3. The molecule has 12 nitrogen and oxygen atoms in total. The van der Waals surface area contributed by atoms with Gasteiger partial charge in [0.2, 0.25) is 0 Å². The molecule has 0 aliphatic heterocycles. The number of hydrogen-bond donors (Lipinski definition) is 3. The minimum atomic E-state index is -1.33. The number of hydrogen-bond acceptors (Lipinski definition) is 9. The highest BCUT2D eigenvalue weighted by molar-refractivity contribution is 6.08. The third-order valence-corrected chi connectivity index (χ3v) is 22.5. The first-order valence-electron chi connectivity index (χ1n) is 47.1. The number of carboxylic acids is 3. The Hall–Kier alpha value is -4.74. The van der Waals surface area contributed by atoms with Crippen LogP contribution in [0.4, 0.5) is 0 Å². The molecule has 0 spiro atoms. The van der Waals surface area contributed by atoms with E-state index in [2.05, 4.69) is 83.1 Å². The van der Waals surface area contributed by atoms with E-state index in [-0.39, 0.29) is 52.0 Å². The van der Waals surface area contributed by atoms with Crippen LogP contribution in [0.15, 0.2) is 18.2 Å². The maximum atomic E-state index is 13.3. The van der Waals surface area contributed by atoms with Crippen molar-refractivity contribution in [2.75, 3.05) is 19.8 Å². The topological polar surface area (TPSA) is 191 Å². The Bertz CT molecular complexity index is 2650. The van der Waals surface area contributed by atoms with Crippen LogP contribution >= 0.6 is 0 Å². The van der Waals surface area contributed by atoms with Crippen molar-refractivity contribution in [3.8, 4) is 0 Å². The van der Waals surface area contributed by atoms with E-state index in [1.165, 1.54) is 243 Å². The Kier molecular flexibility index (Phi) is 66.4. The highest BCUT2D eigenvalue weighted by Gasteiger charge is 2.33. The molecule has 0 amide bonds. The van der Waals surface area contributed by atoms with Crippen molar-refractivity contribution in [3.63, 3.8) is 0 Å². The fraction of sp³-hybridized carbons (Fsp3) is 0.818. The summed E-state index contributed by atoms with van der Waals surface area (Å²) in [5, 5.41) is 31.8. The van der Waals surface area contributed by atoms with E-state index in [0.717, 1.165) is 164 Å². The molecule has 0 bridgehead atoms. The number of carboxylic acid groups (broad SMARTS) is 3. The van der Waals surface area contributed by atoms with E-state index >= 15 is 0 Å². The number of aromatic carboxylic acids is 3. The predicted molar refractivity (Wildman–Crippen MR) is 468 cm³/mol. The molecule has 2 aromatic carbocycles. The number of carbonyl (C=O) groups excluding carboxylic acids is 3. The zero-order valence-electron chi connectivity index (χ0n) is 74.3. The van der Waals surface area contributed by atoms with Crippen LogP contribution in [0.5, 0.6) is 0 Å². The zero-order chi connectivity index (χ0) is 81.9. The summed E-state index contributed by atoms with van der Waals surface area (Å²) >= 11 is 0. The standard InChI is InChI=1S/C51H90O6.C48H84O6/c1-40(2)34-28-22-16-10-7-13-19-25-31-37-43-44(38-32-26-20-14-8-11-17-23-29-35-41(3)4)47(50(54)55)48(51(56)57)45(46(43)49(52)53)39-33-27-21-15-9-12-18-24-30-36-42(5)6;1-40(2)31-25-19-13-7-10-16-22-28-36-52-46(49)43-34-35-44(47(50)53-37-29-23-17-11-8-14-20-26-32-41(3)4)45(39-43)48(51)54-38-30-24-18-12-9-15-21-27-33-42(5)6/h40-42H,7-39H2,1-6H3,(H,52,53)(H,54,55)(H,56,57);34-35,39-42H,7-33,36-38H2,1-6H3. The monoisotopic (exact) mass is 1560 g/mol. The van der Waals surface area contributed by atoms with Gasteiger partial charge in [0.25, 0.3) is 0 Å². The maximum absolute atomic E-state index is 13.3. The van der Waals surface area contributed by atoms with E-state index in [0.29, 0.717) is 43.6 Å². The van der Waals surface area contributed by atoms with E-state index in [9.17, 15) is 44.1 Å². The third-order valence-electron chi connectivity index (χ3n) is 22.5. The molecule has 0 radical (unpaired) electrons. The molecule has 0 unspecified atom stereocenters. The number of benzene rings is 2. The van der Waals surface area contributed by atoms with Gasteiger partial charge in [0.05, 0.1) is 53.2 Å². The molecule has 0 heterocycles. The van der Waals surface area contributed by atoms with Gasteiger partial charge in [-0.1, -0.05) is 411 Å². The second-order valence-corrected chi connectivity index (χ2v) is 36.0. The first-order chi connectivity index (χ1) is 53.5. The summed E-state index contributed by atoms with van der Waals surface area (Å²) in [4.78, 5) is 78.4. The summed E-state index contributed by atoms with van der Waals surface area (Å²) in [6, 6.07) is 4.51. The summed E-state index contributed by atoms with van der Waals surface area (Å²) in [6.45, 7) is 28.3. The molecule has 642 valence electrons. The molecule has 0 saturated heterocycles. The molecule has 0 atom stereocenters. The average Bonchev–Trinajstić information content (AvgIpc) is 0.751. The highest BCUT2D eigenvalue weighted by Crippen LogP contribution is 2.35. The Morgan fingerprint density at radius 3 is 0.685 bits per heavy atom. The molecule has 0 saturated carbocycles. The summed E-state index contributed by atoms with van der Waals surface area (Å²) < 4.78 is 16.8. The van der Waals surface area contributed by atoms with Crippen molar-refractivity contribution >= 4 is 35.8 Å². The van der Waals surface area contributed by atoms with Gasteiger partial charge >= 0.3 is 35.8 Å². The lowest BCUT2D eigenvalue weighted by molar-refractivity contribution is 0.0447. The van der Waals surface area contributed by atoms with Crippen molar-refractivity contribution < 1.29 is 58.3 Å². The van der Waals surface area contributed by atoms with Crippen LogP contribution in [0.25, 0.3) is 0 Å². The van der Waals surface area contributed by atoms with Crippen molar-refractivity contribution in [1.29, 1.82) is 0 Å². The van der Waals surface area contributed by atoms with Gasteiger partial charge in [-0.2, -0.15) is 0 Å². The molecule has 0 aliphatic rings. The lowest BCUT2D eigenvalue weighted by Crippen LogP contribution is -2.22. The van der Waals surface area contributed by atoms with Crippen LogP contribution in [0.1, 0.15) is 528 Å². The third kappa shape index (κ3) is 57.1. The van der Waals surface area contributed by atoms with Crippen molar-refractivity contribution in [1.82, 2.24) is 0 Å². The van der Waals surface area contributed by atoms with Gasteiger partial charge < -0.3 is 29.5 Å². The van der Waals surface area contributed by atoms with E-state index < -0.39 is 35.8 Å². The number of unbranched alkanes of at least 4 members (excludes halogenated alkanes) is 45. The van der Waals surface area contributed by atoms with Gasteiger partial charge in [0.1, 0.15) is 0 Å². The molecule has 12 heteroatoms. The van der Waals surface area contributed by atoms with Crippen molar-refractivity contribution in [2.24, 2.45) is 35.5 Å². The van der Waals surface area contributed by atoms with Crippen LogP contribution in [0.3, 0.4) is 0 Å². The molecule has 0 aliphatic carbocycles. The summed E-state index contributed by atoms with van der Waals surface area (Å²) in [5.74, 6) is -0.670. The Morgan fingerprint density at radius 1 is 0.234 bits per heavy atom. The van der Waals surface area contributed by atoms with Gasteiger partial charge in [-0.05, 0) is 128 Å². The molecular weight excluding hydrogens is 1380 g/mol. The van der Waals surface area contributed by atoms with Crippen LogP contribution in [0, 0.1) is 35.5 Å². The fourth-order valence-electron chi connectivity index (χ4n) is 15.6. The van der Waals surface area contributed by atoms with Gasteiger partial charge in [-0.25, -0.2) is 28.8 Å². The fourth-order valence-corrected chi connectivity index (χ4v) is 15.6. The van der Waals surface area contributed by atoms with Crippen LogP contribution < -0.4 is 0 Å². The summed E-state index contributed by atoms with van der Waals surface area (Å²) in [6.07, 6.45) is 67.4. The summed E-state index contributed by atoms with van der Waals surface area (Å²) in [5.41, 5.74) is 1.36. The quantitative estimate of drug-likeness (QED) is 0.0323. The van der Waals surface area contributed by atoms with Crippen LogP contribution in [-0.4, -0.2) is 71.0 Å². The Labute approximate surface area is 682 Å². The largest absolute Gasteiger partial charge is 0.478 e. The number of ether oxygens (including phenoxy) is 3. The van der Waals surface area contributed by atoms with E-state index in [1.54, 1.807) is 6.07 Å². The lowest BCUT2D eigenvalue weighted by atomic mass is 9.80. The SMILES string of the molecule is CC(C)CCCCCCCCCCCc1c(CCCCCCCCCCCC(C)C)c(C(=O)O)c(C(=O)O)c(CCCCCCCCCCCC(C)C)c1C(=O)O.CC(C)CCCCCCCCCCOC(=O)c1ccc(C(=O)OCCCCCCCCCCC(C)C)c(C(=O)OCCCCCCCCCCC(C)C)c1. The zero-order valence-corrected chi connectivity index (χ0v) is 74.3. The molecule has 2 rings (SSSR count). The summed E-state index contributed by atoms with van der Waals surface area (Å²) in [7, 11) is 0. The van der Waals surface area contributed by atoms with E-state index in [4.69, 9.17) is 14.2 Å². The van der Waals surface area contributed by atoms with Crippen LogP contribution in [0.2, 0.25) is 0 Å².